The molecule has 12 nitrogen and oxygen atoms in total. The number of aryl methyl sites for hydroxylation is 1. The Morgan fingerprint density at radius 3 is 2.40 bits per heavy atom. The molecule has 1 aliphatic heterocycles. The molecule has 0 unspecified atom stereocenters. The highest BCUT2D eigenvalue weighted by Gasteiger charge is 2.58. The topological polar surface area (TPSA) is 141 Å². The third-order valence-corrected chi connectivity index (χ3v) is 10.3. The number of nitrogens with zero attached hydrogens (tertiary/aromatic N) is 5. The first-order chi connectivity index (χ1) is 21.5. The summed E-state index contributed by atoms with van der Waals surface area (Å²) in [6.45, 7) is 0.544. The molecule has 0 radical (unpaired) electrons. The van der Waals surface area contributed by atoms with Crippen molar-refractivity contribution >= 4 is 33.1 Å². The maximum atomic E-state index is 14.0. The van der Waals surface area contributed by atoms with E-state index in [1.54, 1.807) is 48.3 Å². The summed E-state index contributed by atoms with van der Waals surface area (Å²) in [5.74, 6) is 0.773. The quantitative estimate of drug-likeness (QED) is 0.264. The van der Waals surface area contributed by atoms with Gasteiger partial charge in [0.1, 0.15) is 16.3 Å². The third-order valence-electron chi connectivity index (χ3n) is 7.78. The van der Waals surface area contributed by atoms with Gasteiger partial charge in [-0.1, -0.05) is 0 Å². The molecule has 6 rings (SSSR count). The fourth-order valence-corrected chi connectivity index (χ4v) is 7.26. The molecule has 1 aliphatic carbocycles. The fraction of sp³-hybridized carbons (Fsp3) is 0.333. The average Bonchev–Trinajstić information content (AvgIpc) is 3.75. The molecule has 2 aliphatic rings. The van der Waals surface area contributed by atoms with Gasteiger partial charge in [0, 0.05) is 37.1 Å². The molecule has 0 spiro atoms. The third kappa shape index (κ3) is 6.31. The van der Waals surface area contributed by atoms with Crippen LogP contribution in [-0.4, -0.2) is 66.6 Å². The minimum Gasteiger partial charge on any atom is -0.435 e. The van der Waals surface area contributed by atoms with Gasteiger partial charge in [-0.3, -0.25) is 4.68 Å². The van der Waals surface area contributed by atoms with Gasteiger partial charge in [-0.25, -0.2) is 23.2 Å². The van der Waals surface area contributed by atoms with Gasteiger partial charge in [-0.2, -0.15) is 13.9 Å². The SMILES string of the molecule is C[C@H]1COCCN1c1cc(C2(S(=O)(=O)c3ccc(OC(F)F)cc3)CC2)nc(-c2ccc(NC(=O)Nc3cnn(C)c3)cc2)n1. The lowest BCUT2D eigenvalue weighted by Crippen LogP contribution is -2.44. The average molecular weight is 640 g/mol. The van der Waals surface area contributed by atoms with Crippen LogP contribution in [0, 0.1) is 0 Å². The number of carbonyl (C=O) groups is 1. The zero-order chi connectivity index (χ0) is 31.8. The number of ether oxygens (including phenoxy) is 2. The van der Waals surface area contributed by atoms with Gasteiger partial charge in [0.05, 0.1) is 41.7 Å². The van der Waals surface area contributed by atoms with Crippen LogP contribution >= 0.6 is 0 Å². The van der Waals surface area contributed by atoms with Crippen molar-refractivity contribution in [1.29, 1.82) is 0 Å². The molecule has 1 saturated carbocycles. The summed E-state index contributed by atoms with van der Waals surface area (Å²) in [7, 11) is -2.22. The summed E-state index contributed by atoms with van der Waals surface area (Å²) in [4.78, 5) is 24.1. The Bertz CT molecular complexity index is 1800. The van der Waals surface area contributed by atoms with Crippen molar-refractivity contribution in [1.82, 2.24) is 19.7 Å². The maximum Gasteiger partial charge on any atom is 0.387 e. The van der Waals surface area contributed by atoms with Crippen LogP contribution in [0.3, 0.4) is 0 Å². The van der Waals surface area contributed by atoms with Crippen LogP contribution in [0.1, 0.15) is 25.5 Å². The number of halogens is 2. The maximum absolute atomic E-state index is 14.0. The highest BCUT2D eigenvalue weighted by atomic mass is 32.2. The number of aromatic nitrogens is 4. The van der Waals surface area contributed by atoms with Crippen LogP contribution in [0.15, 0.2) is 71.9 Å². The van der Waals surface area contributed by atoms with E-state index in [4.69, 9.17) is 14.7 Å². The standard InChI is InChI=1S/C30H31F2N7O5S/c1-19-18-43-14-13-39(19)26-15-25(30(11-12-30)45(41,42)24-9-7-23(8-10-24)44-28(31)32)36-27(37-26)20-3-5-21(6-4-20)34-29(40)35-22-16-33-38(2)17-22/h3-10,15-17,19,28H,11-14,18H2,1-2H3,(H2,34,35,40)/t19-/m0/s1. The largest absolute Gasteiger partial charge is 0.435 e. The molecule has 2 aromatic carbocycles. The molecule has 3 heterocycles. The lowest BCUT2D eigenvalue weighted by Gasteiger charge is -2.34. The van der Waals surface area contributed by atoms with Crippen molar-refractivity contribution in [3.8, 4) is 17.1 Å². The molecular weight excluding hydrogens is 608 g/mol. The molecule has 4 aromatic rings. The zero-order valence-electron chi connectivity index (χ0n) is 24.5. The number of hydrogen-bond acceptors (Lipinski definition) is 9. The monoisotopic (exact) mass is 639 g/mol. The molecule has 1 saturated heterocycles. The van der Waals surface area contributed by atoms with E-state index in [9.17, 15) is 22.0 Å². The van der Waals surface area contributed by atoms with Crippen molar-refractivity contribution in [2.75, 3.05) is 35.3 Å². The fourth-order valence-electron chi connectivity index (χ4n) is 5.30. The van der Waals surface area contributed by atoms with Gasteiger partial charge in [-0.05, 0) is 68.3 Å². The first kappa shape index (κ1) is 30.4. The number of hydrogen-bond donors (Lipinski definition) is 2. The summed E-state index contributed by atoms with van der Waals surface area (Å²) in [5, 5.41) is 9.49. The summed E-state index contributed by atoms with van der Waals surface area (Å²) in [6, 6.07) is 13.2. The number of urea groups is 1. The van der Waals surface area contributed by atoms with Crippen molar-refractivity contribution in [3.05, 3.63) is 72.7 Å². The minimum absolute atomic E-state index is 0.00612. The van der Waals surface area contributed by atoms with Crippen molar-refractivity contribution in [2.24, 2.45) is 7.05 Å². The Morgan fingerprint density at radius 2 is 1.78 bits per heavy atom. The number of morpholine rings is 1. The molecule has 2 amide bonds. The summed E-state index contributed by atoms with van der Waals surface area (Å²) < 4.78 is 63.5. The van der Waals surface area contributed by atoms with E-state index in [1.165, 1.54) is 30.5 Å². The second-order valence-corrected chi connectivity index (χ2v) is 13.2. The van der Waals surface area contributed by atoms with Crippen LogP contribution in [0.4, 0.5) is 30.8 Å². The van der Waals surface area contributed by atoms with Crippen molar-refractivity contribution in [3.63, 3.8) is 0 Å². The number of benzene rings is 2. The van der Waals surface area contributed by atoms with Gasteiger partial charge < -0.3 is 25.0 Å². The Morgan fingerprint density at radius 1 is 1.07 bits per heavy atom. The summed E-state index contributed by atoms with van der Waals surface area (Å²) in [5.41, 5.74) is 2.05. The number of amides is 2. The number of alkyl halides is 2. The van der Waals surface area contributed by atoms with E-state index in [0.717, 1.165) is 0 Å². The first-order valence-electron chi connectivity index (χ1n) is 14.2. The van der Waals surface area contributed by atoms with Crippen LogP contribution in [0.25, 0.3) is 11.4 Å². The van der Waals surface area contributed by atoms with E-state index in [0.29, 0.717) is 66.9 Å². The van der Waals surface area contributed by atoms with Crippen LogP contribution in [0.2, 0.25) is 0 Å². The van der Waals surface area contributed by atoms with Crippen LogP contribution in [0.5, 0.6) is 5.75 Å². The normalized spacial score (nSPS) is 17.6. The number of anilines is 3. The first-order valence-corrected chi connectivity index (χ1v) is 15.7. The van der Waals surface area contributed by atoms with E-state index in [2.05, 4.69) is 25.4 Å². The second kappa shape index (κ2) is 12.0. The van der Waals surface area contributed by atoms with Crippen molar-refractivity contribution < 1.29 is 31.5 Å². The molecule has 2 N–H and O–H groups in total. The molecule has 15 heteroatoms. The molecule has 0 bridgehead atoms. The zero-order valence-corrected chi connectivity index (χ0v) is 25.3. The molecule has 1 atom stereocenters. The number of carbonyl (C=O) groups excluding carboxylic acids is 1. The van der Waals surface area contributed by atoms with Gasteiger partial charge in [-0.15, -0.1) is 0 Å². The number of rotatable bonds is 9. The molecule has 45 heavy (non-hydrogen) atoms. The Kier molecular flexibility index (Phi) is 8.14. The van der Waals surface area contributed by atoms with Gasteiger partial charge >= 0.3 is 12.6 Å². The predicted octanol–water partition coefficient (Wildman–Crippen LogP) is 4.81. The van der Waals surface area contributed by atoms with Gasteiger partial charge in [0.25, 0.3) is 0 Å². The Hall–Kier alpha value is -4.63. The molecule has 2 fully saturated rings. The lowest BCUT2D eigenvalue weighted by atomic mass is 10.1. The number of nitrogens with one attached hydrogen (secondary N) is 2. The minimum atomic E-state index is -3.97. The Balaban J connectivity index is 1.31. The summed E-state index contributed by atoms with van der Waals surface area (Å²) in [6.07, 6.45) is 3.88. The molecule has 2 aromatic heterocycles. The number of sulfone groups is 1. The van der Waals surface area contributed by atoms with Crippen molar-refractivity contribution in [2.45, 2.75) is 42.1 Å². The molecular formula is C30H31F2N7O5S. The van der Waals surface area contributed by atoms with Crippen LogP contribution in [-0.2, 0) is 26.4 Å². The summed E-state index contributed by atoms with van der Waals surface area (Å²) >= 11 is 0. The van der Waals surface area contributed by atoms with E-state index >= 15 is 0 Å². The van der Waals surface area contributed by atoms with E-state index in [-0.39, 0.29) is 16.7 Å². The highest BCUT2D eigenvalue weighted by molar-refractivity contribution is 7.92. The lowest BCUT2D eigenvalue weighted by molar-refractivity contribution is -0.0498. The van der Waals surface area contributed by atoms with Gasteiger partial charge in [0.15, 0.2) is 15.7 Å². The highest BCUT2D eigenvalue weighted by Crippen LogP contribution is 2.55. The van der Waals surface area contributed by atoms with E-state index < -0.39 is 27.2 Å². The Labute approximate surface area is 258 Å². The van der Waals surface area contributed by atoms with Gasteiger partial charge in [0.2, 0.25) is 0 Å². The smallest absolute Gasteiger partial charge is 0.387 e. The van der Waals surface area contributed by atoms with E-state index in [1.807, 2.05) is 6.92 Å². The predicted molar refractivity (Wildman–Crippen MR) is 162 cm³/mol. The second-order valence-electron chi connectivity index (χ2n) is 11.0. The van der Waals surface area contributed by atoms with Crippen LogP contribution < -0.4 is 20.3 Å². The molecule has 236 valence electrons.